The molecule has 0 heterocycles. The molecular formula is C11H16N2O3. The maximum absolute atomic E-state index is 11.6. The fraction of sp³-hybridized carbons (Fsp3) is 0.364. The van der Waals surface area contributed by atoms with Crippen molar-refractivity contribution in [2.45, 2.75) is 13.0 Å². The van der Waals surface area contributed by atoms with Crippen molar-refractivity contribution in [3.05, 3.63) is 23.8 Å². The van der Waals surface area contributed by atoms with Crippen molar-refractivity contribution in [1.82, 2.24) is 5.32 Å². The van der Waals surface area contributed by atoms with Crippen molar-refractivity contribution in [1.29, 1.82) is 0 Å². The molecule has 1 aromatic carbocycles. The molecule has 1 aromatic rings. The van der Waals surface area contributed by atoms with Gasteiger partial charge in [-0.1, -0.05) is 0 Å². The molecule has 0 aliphatic carbocycles. The van der Waals surface area contributed by atoms with Crippen LogP contribution >= 0.6 is 0 Å². The Balaban J connectivity index is 2.76. The summed E-state index contributed by atoms with van der Waals surface area (Å²) in [6.07, 6.45) is -0.580. The van der Waals surface area contributed by atoms with E-state index < -0.39 is 6.10 Å². The van der Waals surface area contributed by atoms with Crippen molar-refractivity contribution in [3.8, 4) is 5.75 Å². The second kappa shape index (κ2) is 5.37. The van der Waals surface area contributed by atoms with Crippen LogP contribution in [-0.4, -0.2) is 30.8 Å². The number of aliphatic hydroxyl groups is 1. The zero-order valence-electron chi connectivity index (χ0n) is 9.36. The first kappa shape index (κ1) is 12.3. The molecule has 5 nitrogen and oxygen atoms in total. The summed E-state index contributed by atoms with van der Waals surface area (Å²) < 4.78 is 4.98. The first-order chi connectivity index (χ1) is 7.54. The summed E-state index contributed by atoms with van der Waals surface area (Å²) >= 11 is 0. The molecule has 16 heavy (non-hydrogen) atoms. The second-order valence-electron chi connectivity index (χ2n) is 3.51. The van der Waals surface area contributed by atoms with Gasteiger partial charge in [0.05, 0.1) is 18.8 Å². The van der Waals surface area contributed by atoms with Crippen LogP contribution < -0.4 is 15.8 Å². The topological polar surface area (TPSA) is 84.6 Å². The lowest BCUT2D eigenvalue weighted by Gasteiger charge is -2.09. The smallest absolute Gasteiger partial charge is 0.253 e. The highest BCUT2D eigenvalue weighted by Crippen LogP contribution is 2.19. The summed E-state index contributed by atoms with van der Waals surface area (Å²) in [7, 11) is 1.53. The number of ether oxygens (including phenoxy) is 1. The molecule has 0 fully saturated rings. The number of hydrogen-bond donors (Lipinski definition) is 3. The Morgan fingerprint density at radius 2 is 2.31 bits per heavy atom. The van der Waals surface area contributed by atoms with Crippen LogP contribution in [0.25, 0.3) is 0 Å². The molecule has 1 amide bonds. The van der Waals surface area contributed by atoms with Crippen molar-refractivity contribution < 1.29 is 14.6 Å². The number of anilines is 1. The molecule has 0 bridgehead atoms. The minimum atomic E-state index is -0.580. The van der Waals surface area contributed by atoms with Gasteiger partial charge >= 0.3 is 0 Å². The number of amides is 1. The standard InChI is InChI=1S/C11H16N2O3/c1-7(14)6-13-11(15)9-4-3-8(16-2)5-10(9)12/h3-5,7,14H,6,12H2,1-2H3,(H,13,15)/t7-/m1/s1. The van der Waals surface area contributed by atoms with Crippen LogP contribution in [0.3, 0.4) is 0 Å². The van der Waals surface area contributed by atoms with E-state index in [2.05, 4.69) is 5.32 Å². The second-order valence-corrected chi connectivity index (χ2v) is 3.51. The van der Waals surface area contributed by atoms with E-state index in [4.69, 9.17) is 15.6 Å². The average molecular weight is 224 g/mol. The Labute approximate surface area is 94.2 Å². The van der Waals surface area contributed by atoms with E-state index in [-0.39, 0.29) is 12.5 Å². The number of methoxy groups -OCH3 is 1. The number of nitrogen functional groups attached to an aromatic ring is 1. The predicted molar refractivity (Wildman–Crippen MR) is 61.4 cm³/mol. The van der Waals surface area contributed by atoms with Crippen LogP contribution in [0.15, 0.2) is 18.2 Å². The van der Waals surface area contributed by atoms with Gasteiger partial charge < -0.3 is 20.9 Å². The Morgan fingerprint density at radius 1 is 1.62 bits per heavy atom. The van der Waals surface area contributed by atoms with Gasteiger partial charge in [0, 0.05) is 18.3 Å². The van der Waals surface area contributed by atoms with Crippen molar-refractivity contribution in [3.63, 3.8) is 0 Å². The van der Waals surface area contributed by atoms with Gasteiger partial charge in [0.25, 0.3) is 5.91 Å². The summed E-state index contributed by atoms with van der Waals surface area (Å²) in [5.41, 5.74) is 6.43. The van der Waals surface area contributed by atoms with E-state index in [9.17, 15) is 4.79 Å². The Bertz CT molecular complexity index is 377. The summed E-state index contributed by atoms with van der Waals surface area (Å²) in [6.45, 7) is 1.79. The quantitative estimate of drug-likeness (QED) is 0.646. The van der Waals surface area contributed by atoms with Gasteiger partial charge in [-0.3, -0.25) is 4.79 Å². The molecule has 88 valence electrons. The maximum Gasteiger partial charge on any atom is 0.253 e. The number of nitrogens with one attached hydrogen (secondary N) is 1. The first-order valence-corrected chi connectivity index (χ1v) is 4.94. The van der Waals surface area contributed by atoms with Gasteiger partial charge in [0.15, 0.2) is 0 Å². The van der Waals surface area contributed by atoms with E-state index in [0.717, 1.165) is 0 Å². The predicted octanol–water partition coefficient (Wildman–Crippen LogP) is 0.388. The molecule has 0 aliphatic heterocycles. The van der Waals surface area contributed by atoms with Crippen LogP contribution in [0.5, 0.6) is 5.75 Å². The van der Waals surface area contributed by atoms with Gasteiger partial charge in [0.1, 0.15) is 5.75 Å². The van der Waals surface area contributed by atoms with Gasteiger partial charge in [-0.25, -0.2) is 0 Å². The molecule has 0 saturated carbocycles. The molecule has 4 N–H and O–H groups in total. The van der Waals surface area contributed by atoms with Crippen LogP contribution in [0.1, 0.15) is 17.3 Å². The number of hydrogen-bond acceptors (Lipinski definition) is 4. The highest BCUT2D eigenvalue weighted by Gasteiger charge is 2.10. The third-order valence-corrected chi connectivity index (χ3v) is 2.06. The number of benzene rings is 1. The summed E-state index contributed by atoms with van der Waals surface area (Å²) in [5, 5.41) is 11.6. The molecule has 0 radical (unpaired) electrons. The Hall–Kier alpha value is -1.75. The van der Waals surface area contributed by atoms with Crippen LogP contribution in [-0.2, 0) is 0 Å². The third kappa shape index (κ3) is 3.13. The summed E-state index contributed by atoms with van der Waals surface area (Å²) in [5.74, 6) is 0.297. The molecule has 0 aliphatic rings. The lowest BCUT2D eigenvalue weighted by molar-refractivity contribution is 0.0925. The van der Waals surface area contributed by atoms with E-state index >= 15 is 0 Å². The summed E-state index contributed by atoms with van der Waals surface area (Å²) in [6, 6.07) is 4.83. The number of nitrogens with two attached hydrogens (primary N) is 1. The molecular weight excluding hydrogens is 208 g/mol. The third-order valence-electron chi connectivity index (χ3n) is 2.06. The maximum atomic E-state index is 11.6. The highest BCUT2D eigenvalue weighted by atomic mass is 16.5. The van der Waals surface area contributed by atoms with Crippen LogP contribution in [0, 0.1) is 0 Å². The van der Waals surface area contributed by atoms with Gasteiger partial charge in [-0.05, 0) is 19.1 Å². The number of carbonyl (C=O) groups is 1. The van der Waals surface area contributed by atoms with Crippen LogP contribution in [0.4, 0.5) is 5.69 Å². The Morgan fingerprint density at radius 3 is 2.81 bits per heavy atom. The molecule has 5 heteroatoms. The summed E-state index contributed by atoms with van der Waals surface area (Å²) in [4.78, 5) is 11.6. The Kier molecular flexibility index (Phi) is 4.13. The molecule has 1 rings (SSSR count). The zero-order valence-corrected chi connectivity index (χ0v) is 9.36. The van der Waals surface area contributed by atoms with E-state index in [1.165, 1.54) is 7.11 Å². The zero-order chi connectivity index (χ0) is 12.1. The van der Waals surface area contributed by atoms with E-state index in [0.29, 0.717) is 17.0 Å². The monoisotopic (exact) mass is 224 g/mol. The van der Waals surface area contributed by atoms with E-state index in [1.807, 2.05) is 0 Å². The van der Waals surface area contributed by atoms with Crippen molar-refractivity contribution in [2.24, 2.45) is 0 Å². The first-order valence-electron chi connectivity index (χ1n) is 4.94. The molecule has 1 atom stereocenters. The lowest BCUT2D eigenvalue weighted by Crippen LogP contribution is -2.31. The average Bonchev–Trinajstić information content (AvgIpc) is 2.25. The molecule has 0 aromatic heterocycles. The fourth-order valence-electron chi connectivity index (χ4n) is 1.21. The molecule has 0 saturated heterocycles. The normalized spacial score (nSPS) is 11.9. The fourth-order valence-corrected chi connectivity index (χ4v) is 1.21. The number of carbonyl (C=O) groups excluding carboxylic acids is 1. The lowest BCUT2D eigenvalue weighted by atomic mass is 10.1. The van der Waals surface area contributed by atoms with E-state index in [1.54, 1.807) is 25.1 Å². The SMILES string of the molecule is COc1ccc(C(=O)NC[C@@H](C)O)c(N)c1. The molecule has 0 spiro atoms. The van der Waals surface area contributed by atoms with Gasteiger partial charge in [-0.2, -0.15) is 0 Å². The number of aliphatic hydroxyl groups excluding tert-OH is 1. The van der Waals surface area contributed by atoms with Gasteiger partial charge in [-0.15, -0.1) is 0 Å². The van der Waals surface area contributed by atoms with Gasteiger partial charge in [0.2, 0.25) is 0 Å². The highest BCUT2D eigenvalue weighted by molar-refractivity contribution is 5.99. The van der Waals surface area contributed by atoms with Crippen LogP contribution in [0.2, 0.25) is 0 Å². The van der Waals surface area contributed by atoms with Crippen molar-refractivity contribution >= 4 is 11.6 Å². The minimum absolute atomic E-state index is 0.199. The minimum Gasteiger partial charge on any atom is -0.497 e. The number of rotatable bonds is 4. The van der Waals surface area contributed by atoms with Crippen molar-refractivity contribution in [2.75, 3.05) is 19.4 Å². The largest absolute Gasteiger partial charge is 0.497 e. The molecule has 0 unspecified atom stereocenters.